The summed E-state index contributed by atoms with van der Waals surface area (Å²) in [5, 5.41) is 21.0. The van der Waals surface area contributed by atoms with E-state index < -0.39 is 0 Å². The van der Waals surface area contributed by atoms with Crippen molar-refractivity contribution in [1.82, 2.24) is 8.75 Å². The summed E-state index contributed by atoms with van der Waals surface area (Å²) < 4.78 is 9.97. The zero-order chi connectivity index (χ0) is 17.2. The molecule has 2 aromatic carbocycles. The molecule has 2 aromatic heterocycles. The van der Waals surface area contributed by atoms with Crippen LogP contribution >= 0.6 is 34.8 Å². The van der Waals surface area contributed by atoms with Crippen LogP contribution in [-0.4, -0.2) is 19.0 Å². The fourth-order valence-corrected chi connectivity index (χ4v) is 5.16. The van der Waals surface area contributed by atoms with Gasteiger partial charge in [-0.25, -0.2) is 0 Å². The molecule has 0 amide bonds. The topological polar surface area (TPSA) is 66.2 Å². The lowest BCUT2D eigenvalue weighted by molar-refractivity contribution is 0.466. The molecule has 0 saturated heterocycles. The highest BCUT2D eigenvalue weighted by Crippen LogP contribution is 2.49. The lowest BCUT2D eigenvalue weighted by atomic mass is 10.1. The van der Waals surface area contributed by atoms with Gasteiger partial charge in [-0.05, 0) is 23.1 Å². The maximum absolute atomic E-state index is 10.5. The van der Waals surface area contributed by atoms with Crippen LogP contribution in [0.2, 0.25) is 0 Å². The van der Waals surface area contributed by atoms with E-state index in [4.69, 9.17) is 0 Å². The second kappa shape index (κ2) is 6.87. The summed E-state index contributed by atoms with van der Waals surface area (Å²) in [6.45, 7) is 0. The first kappa shape index (κ1) is 16.1. The van der Waals surface area contributed by atoms with Crippen LogP contribution in [0.5, 0.6) is 11.5 Å². The second-order valence-corrected chi connectivity index (χ2v) is 8.25. The van der Waals surface area contributed by atoms with Crippen molar-refractivity contribution in [2.24, 2.45) is 0 Å². The molecule has 0 unspecified atom stereocenters. The van der Waals surface area contributed by atoms with Crippen molar-refractivity contribution >= 4 is 34.8 Å². The monoisotopic (exact) mass is 384 g/mol. The standard InChI is InChI=1S/C18H12N2O2S3/c21-15-13(11-7-3-1-4-8-11)19-24-17(15)23-18-16(22)14(20-25-18)12-9-5-2-6-10-12/h1-10,21-22H. The molecule has 0 aliphatic heterocycles. The second-order valence-electron chi connectivity index (χ2n) is 5.17. The largest absolute Gasteiger partial charge is 0.504 e. The highest BCUT2D eigenvalue weighted by molar-refractivity contribution is 8.03. The minimum Gasteiger partial charge on any atom is -0.504 e. The number of aromatic nitrogens is 2. The summed E-state index contributed by atoms with van der Waals surface area (Å²) in [6, 6.07) is 19.1. The molecule has 2 heterocycles. The van der Waals surface area contributed by atoms with Crippen molar-refractivity contribution in [3.8, 4) is 34.0 Å². The van der Waals surface area contributed by atoms with Crippen LogP contribution in [0.4, 0.5) is 0 Å². The molecular weight excluding hydrogens is 372 g/mol. The van der Waals surface area contributed by atoms with Crippen LogP contribution in [0.25, 0.3) is 22.5 Å². The van der Waals surface area contributed by atoms with Gasteiger partial charge in [0, 0.05) is 11.1 Å². The lowest BCUT2D eigenvalue weighted by Gasteiger charge is -2.00. The average molecular weight is 385 g/mol. The Balaban J connectivity index is 1.64. The molecule has 2 N–H and O–H groups in total. The molecule has 0 bridgehead atoms. The van der Waals surface area contributed by atoms with Gasteiger partial charge in [-0.1, -0.05) is 72.4 Å². The summed E-state index contributed by atoms with van der Waals surface area (Å²) in [6.07, 6.45) is 0. The van der Waals surface area contributed by atoms with Crippen LogP contribution in [-0.2, 0) is 0 Å². The van der Waals surface area contributed by atoms with Crippen LogP contribution in [0.15, 0.2) is 69.1 Å². The fraction of sp³-hybridized carbons (Fsp3) is 0. The van der Waals surface area contributed by atoms with Crippen LogP contribution in [0.1, 0.15) is 0 Å². The fourth-order valence-electron chi connectivity index (χ4n) is 2.33. The first-order valence-electron chi connectivity index (χ1n) is 7.40. The Morgan fingerprint density at radius 3 is 1.44 bits per heavy atom. The van der Waals surface area contributed by atoms with Gasteiger partial charge in [0.05, 0.1) is 0 Å². The van der Waals surface area contributed by atoms with Crippen LogP contribution in [0, 0.1) is 0 Å². The zero-order valence-electron chi connectivity index (χ0n) is 12.8. The predicted octanol–water partition coefficient (Wildman–Crippen LogP) is 5.50. The third-order valence-corrected chi connectivity index (χ3v) is 6.53. The molecular formula is C18H12N2O2S3. The van der Waals surface area contributed by atoms with E-state index in [1.165, 1.54) is 34.8 Å². The Morgan fingerprint density at radius 1 is 0.640 bits per heavy atom. The Kier molecular flexibility index (Phi) is 4.44. The molecule has 0 atom stereocenters. The number of nitrogens with zero attached hydrogens (tertiary/aromatic N) is 2. The highest BCUT2D eigenvalue weighted by Gasteiger charge is 2.20. The van der Waals surface area contributed by atoms with Crippen molar-refractivity contribution in [1.29, 1.82) is 0 Å². The Hall–Kier alpha value is -2.35. The SMILES string of the molecule is Oc1c(-c2ccccc2)nsc1Sc1snc(-c2ccccc2)c1O. The molecule has 0 saturated carbocycles. The maximum atomic E-state index is 10.5. The maximum Gasteiger partial charge on any atom is 0.168 e. The van der Waals surface area contributed by atoms with Crippen molar-refractivity contribution in [2.45, 2.75) is 8.42 Å². The first-order valence-corrected chi connectivity index (χ1v) is 9.76. The van der Waals surface area contributed by atoms with Crippen molar-refractivity contribution in [2.75, 3.05) is 0 Å². The summed E-state index contributed by atoms with van der Waals surface area (Å²) in [4.78, 5) is 0. The quantitative estimate of drug-likeness (QED) is 0.487. The average Bonchev–Trinajstić information content (AvgIpc) is 3.20. The van der Waals surface area contributed by atoms with Gasteiger partial charge in [-0.2, -0.15) is 8.75 Å². The summed E-state index contributed by atoms with van der Waals surface area (Å²) in [5.74, 6) is 0.269. The molecule has 0 spiro atoms. The smallest absolute Gasteiger partial charge is 0.168 e. The van der Waals surface area contributed by atoms with Gasteiger partial charge >= 0.3 is 0 Å². The van der Waals surface area contributed by atoms with Crippen LogP contribution in [0.3, 0.4) is 0 Å². The number of hydrogen-bond acceptors (Lipinski definition) is 7. The van der Waals surface area contributed by atoms with E-state index in [0.29, 0.717) is 19.8 Å². The zero-order valence-corrected chi connectivity index (χ0v) is 15.2. The van der Waals surface area contributed by atoms with Gasteiger partial charge in [-0.3, -0.25) is 0 Å². The molecule has 4 nitrogen and oxygen atoms in total. The summed E-state index contributed by atoms with van der Waals surface area (Å²) in [7, 11) is 0. The third-order valence-electron chi connectivity index (χ3n) is 3.55. The van der Waals surface area contributed by atoms with Gasteiger partial charge in [0.1, 0.15) is 19.8 Å². The first-order chi connectivity index (χ1) is 12.2. The number of rotatable bonds is 4. The Morgan fingerprint density at radius 2 is 1.04 bits per heavy atom. The lowest BCUT2D eigenvalue weighted by Crippen LogP contribution is -1.76. The van der Waals surface area contributed by atoms with Crippen molar-refractivity contribution in [3.05, 3.63) is 60.7 Å². The predicted molar refractivity (Wildman–Crippen MR) is 103 cm³/mol. The van der Waals surface area contributed by atoms with E-state index in [2.05, 4.69) is 8.75 Å². The molecule has 4 rings (SSSR count). The van der Waals surface area contributed by atoms with E-state index >= 15 is 0 Å². The van der Waals surface area contributed by atoms with E-state index in [9.17, 15) is 10.2 Å². The highest BCUT2D eigenvalue weighted by atomic mass is 32.2. The molecule has 7 heteroatoms. The van der Waals surface area contributed by atoms with E-state index in [-0.39, 0.29) is 11.5 Å². The number of benzene rings is 2. The van der Waals surface area contributed by atoms with Gasteiger partial charge < -0.3 is 10.2 Å². The molecule has 0 radical (unpaired) electrons. The summed E-state index contributed by atoms with van der Waals surface area (Å²) in [5.41, 5.74) is 2.84. The van der Waals surface area contributed by atoms with Crippen molar-refractivity contribution in [3.63, 3.8) is 0 Å². The van der Waals surface area contributed by atoms with Gasteiger partial charge in [-0.15, -0.1) is 0 Å². The Labute approximate surface area is 156 Å². The third kappa shape index (κ3) is 3.13. The van der Waals surface area contributed by atoms with Gasteiger partial charge in [0.15, 0.2) is 11.5 Å². The normalized spacial score (nSPS) is 10.9. The van der Waals surface area contributed by atoms with E-state index in [1.54, 1.807) is 0 Å². The molecule has 0 fully saturated rings. The van der Waals surface area contributed by atoms with Gasteiger partial charge in [0.2, 0.25) is 0 Å². The molecule has 25 heavy (non-hydrogen) atoms. The van der Waals surface area contributed by atoms with Gasteiger partial charge in [0.25, 0.3) is 0 Å². The molecule has 4 aromatic rings. The van der Waals surface area contributed by atoms with E-state index in [1.807, 2.05) is 60.7 Å². The Bertz CT molecular complexity index is 916. The minimum absolute atomic E-state index is 0.135. The van der Waals surface area contributed by atoms with Crippen LogP contribution < -0.4 is 0 Å². The van der Waals surface area contributed by atoms with Crippen molar-refractivity contribution < 1.29 is 10.2 Å². The summed E-state index contributed by atoms with van der Waals surface area (Å²) >= 11 is 3.70. The number of hydrogen-bond donors (Lipinski definition) is 2. The molecule has 0 aliphatic rings. The van der Waals surface area contributed by atoms with E-state index in [0.717, 1.165) is 11.1 Å². The number of aromatic hydroxyl groups is 2. The molecule has 0 aliphatic carbocycles. The minimum atomic E-state index is 0.135. The molecule has 124 valence electrons.